The van der Waals surface area contributed by atoms with Crippen molar-refractivity contribution >= 4 is 31.6 Å². The molecule has 0 radical (unpaired) electrons. The number of nitrogens with zero attached hydrogens (tertiary/aromatic N) is 1. The van der Waals surface area contributed by atoms with Gasteiger partial charge in [0.05, 0.1) is 10.2 Å². The molecule has 0 aliphatic carbocycles. The van der Waals surface area contributed by atoms with Gasteiger partial charge in [0.2, 0.25) is 0 Å². The van der Waals surface area contributed by atoms with E-state index in [1.54, 1.807) is 6.20 Å². The van der Waals surface area contributed by atoms with E-state index < -0.39 is 9.84 Å². The molecule has 0 aliphatic heterocycles. The molecule has 1 heterocycles. The molecular weight excluding hydrogens is 292 g/mol. The maximum Gasteiger partial charge on any atom is 0.147 e. The second kappa shape index (κ2) is 5.63. The number of sulfone groups is 1. The van der Waals surface area contributed by atoms with Gasteiger partial charge in [0.25, 0.3) is 0 Å². The predicted molar refractivity (Wildman–Crippen MR) is 69.5 cm³/mol. The molecule has 0 aromatic carbocycles. The Bertz CT molecular complexity index is 460. The molecule has 0 saturated carbocycles. The number of hydrogen-bond donors (Lipinski definition) is 1. The maximum atomic E-state index is 10.9. The van der Waals surface area contributed by atoms with Crippen LogP contribution in [0.2, 0.25) is 0 Å². The van der Waals surface area contributed by atoms with Crippen molar-refractivity contribution in [1.29, 1.82) is 0 Å². The lowest BCUT2D eigenvalue weighted by Crippen LogP contribution is -2.10. The lowest BCUT2D eigenvalue weighted by Gasteiger charge is -2.07. The fourth-order valence-corrected chi connectivity index (χ4v) is 2.48. The summed E-state index contributed by atoms with van der Waals surface area (Å²) in [6.45, 7) is 2.56. The van der Waals surface area contributed by atoms with E-state index in [-0.39, 0.29) is 5.75 Å². The van der Waals surface area contributed by atoms with Crippen molar-refractivity contribution in [3.63, 3.8) is 0 Å². The van der Waals surface area contributed by atoms with E-state index in [9.17, 15) is 8.42 Å². The molecule has 16 heavy (non-hydrogen) atoms. The molecule has 0 spiro atoms. The molecule has 1 N–H and O–H groups in total. The Balaban J connectivity index is 2.43. The van der Waals surface area contributed by atoms with E-state index in [1.807, 2.05) is 13.0 Å². The first-order valence-electron chi connectivity index (χ1n) is 4.92. The molecule has 0 bridgehead atoms. The summed E-state index contributed by atoms with van der Waals surface area (Å²) in [5.41, 5.74) is 1.08. The zero-order chi connectivity index (χ0) is 12.2. The van der Waals surface area contributed by atoms with Crippen LogP contribution < -0.4 is 5.32 Å². The molecule has 0 atom stereocenters. The Morgan fingerprint density at radius 3 is 2.75 bits per heavy atom. The molecule has 4 nitrogen and oxygen atoms in total. The van der Waals surface area contributed by atoms with E-state index in [1.165, 1.54) is 6.26 Å². The number of hydrogen-bond acceptors (Lipinski definition) is 4. The zero-order valence-electron chi connectivity index (χ0n) is 9.33. The van der Waals surface area contributed by atoms with E-state index in [0.717, 1.165) is 15.9 Å². The van der Waals surface area contributed by atoms with Gasteiger partial charge in [-0.1, -0.05) is 0 Å². The van der Waals surface area contributed by atoms with Crippen LogP contribution in [0, 0.1) is 6.92 Å². The van der Waals surface area contributed by atoms with Gasteiger partial charge in [0, 0.05) is 19.0 Å². The monoisotopic (exact) mass is 306 g/mol. The van der Waals surface area contributed by atoms with Crippen LogP contribution in [0.25, 0.3) is 0 Å². The molecule has 1 rings (SSSR count). The zero-order valence-corrected chi connectivity index (χ0v) is 11.7. The average Bonchev–Trinajstić information content (AvgIpc) is 2.13. The number of nitrogens with one attached hydrogen (secondary N) is 1. The van der Waals surface area contributed by atoms with Crippen LogP contribution in [0.5, 0.6) is 0 Å². The van der Waals surface area contributed by atoms with Crippen molar-refractivity contribution in [3.8, 4) is 0 Å². The van der Waals surface area contributed by atoms with Crippen LogP contribution in [-0.2, 0) is 9.84 Å². The minimum Gasteiger partial charge on any atom is -0.369 e. The SMILES string of the molecule is Cc1cnc(NCCCS(C)(=O)=O)c(Br)c1. The van der Waals surface area contributed by atoms with E-state index in [4.69, 9.17) is 0 Å². The number of aromatic nitrogens is 1. The van der Waals surface area contributed by atoms with Crippen LogP contribution in [0.15, 0.2) is 16.7 Å². The predicted octanol–water partition coefficient (Wildman–Crippen LogP) is 2.00. The van der Waals surface area contributed by atoms with Crippen molar-refractivity contribution < 1.29 is 8.42 Å². The summed E-state index contributed by atoms with van der Waals surface area (Å²) in [6.07, 6.45) is 3.59. The van der Waals surface area contributed by atoms with Gasteiger partial charge in [0.1, 0.15) is 15.7 Å². The van der Waals surface area contributed by atoms with E-state index in [2.05, 4.69) is 26.2 Å². The minimum absolute atomic E-state index is 0.198. The summed E-state index contributed by atoms with van der Waals surface area (Å²) in [7, 11) is -2.87. The molecule has 0 amide bonds. The Kier molecular flexibility index (Phi) is 4.73. The average molecular weight is 307 g/mol. The normalized spacial score (nSPS) is 11.4. The number of anilines is 1. The third-order valence-electron chi connectivity index (χ3n) is 1.96. The fourth-order valence-electron chi connectivity index (χ4n) is 1.20. The third kappa shape index (κ3) is 4.94. The van der Waals surface area contributed by atoms with Gasteiger partial charge in [-0.05, 0) is 40.9 Å². The molecule has 0 aliphatic rings. The smallest absolute Gasteiger partial charge is 0.147 e. The maximum absolute atomic E-state index is 10.9. The lowest BCUT2D eigenvalue weighted by molar-refractivity contribution is 0.600. The first kappa shape index (κ1) is 13.4. The lowest BCUT2D eigenvalue weighted by atomic mass is 10.3. The van der Waals surface area contributed by atoms with Crippen LogP contribution in [0.4, 0.5) is 5.82 Å². The second-order valence-corrected chi connectivity index (χ2v) is 6.87. The quantitative estimate of drug-likeness (QED) is 0.845. The molecule has 1 aromatic rings. The van der Waals surface area contributed by atoms with Crippen molar-refractivity contribution in [2.24, 2.45) is 0 Å². The van der Waals surface area contributed by atoms with Crippen LogP contribution in [0.1, 0.15) is 12.0 Å². The van der Waals surface area contributed by atoms with E-state index >= 15 is 0 Å². The number of pyridine rings is 1. The van der Waals surface area contributed by atoms with Gasteiger partial charge in [-0.2, -0.15) is 0 Å². The third-order valence-corrected chi connectivity index (χ3v) is 3.60. The number of aryl methyl sites for hydroxylation is 1. The van der Waals surface area contributed by atoms with Crippen molar-refractivity contribution in [3.05, 3.63) is 22.3 Å². The summed E-state index contributed by atoms with van der Waals surface area (Å²) in [4.78, 5) is 4.20. The number of rotatable bonds is 5. The minimum atomic E-state index is -2.87. The highest BCUT2D eigenvalue weighted by Crippen LogP contribution is 2.20. The molecular formula is C10H15BrN2O2S. The first-order chi connectivity index (χ1) is 7.38. The summed E-state index contributed by atoms with van der Waals surface area (Å²) >= 11 is 3.40. The van der Waals surface area contributed by atoms with Crippen LogP contribution in [0.3, 0.4) is 0 Å². The first-order valence-corrected chi connectivity index (χ1v) is 7.77. The van der Waals surface area contributed by atoms with Gasteiger partial charge in [-0.3, -0.25) is 0 Å². The molecule has 0 unspecified atom stereocenters. The molecule has 1 aromatic heterocycles. The summed E-state index contributed by atoms with van der Waals surface area (Å²) < 4.78 is 22.7. The topological polar surface area (TPSA) is 59.1 Å². The van der Waals surface area contributed by atoms with Crippen LogP contribution in [-0.4, -0.2) is 32.0 Å². The summed E-state index contributed by atoms with van der Waals surface area (Å²) in [5.74, 6) is 0.947. The molecule has 0 fully saturated rings. The largest absolute Gasteiger partial charge is 0.369 e. The fraction of sp³-hybridized carbons (Fsp3) is 0.500. The number of halogens is 1. The highest BCUT2D eigenvalue weighted by molar-refractivity contribution is 9.10. The highest BCUT2D eigenvalue weighted by Gasteiger charge is 2.03. The van der Waals surface area contributed by atoms with Gasteiger partial charge in [0.15, 0.2) is 0 Å². The van der Waals surface area contributed by atoms with Gasteiger partial charge >= 0.3 is 0 Å². The van der Waals surface area contributed by atoms with Gasteiger partial charge < -0.3 is 5.32 Å². The standard InChI is InChI=1S/C10H15BrN2O2S/c1-8-6-9(11)10(13-7-8)12-4-3-5-16(2,14)15/h6-7H,3-5H2,1-2H3,(H,12,13). The Morgan fingerprint density at radius 1 is 1.50 bits per heavy atom. The highest BCUT2D eigenvalue weighted by atomic mass is 79.9. The molecule has 0 saturated heterocycles. The second-order valence-electron chi connectivity index (χ2n) is 3.75. The Morgan fingerprint density at radius 2 is 2.19 bits per heavy atom. The van der Waals surface area contributed by atoms with Crippen molar-refractivity contribution in [1.82, 2.24) is 4.98 Å². The van der Waals surface area contributed by atoms with E-state index in [0.29, 0.717) is 13.0 Å². The van der Waals surface area contributed by atoms with Crippen molar-refractivity contribution in [2.45, 2.75) is 13.3 Å². The molecule has 90 valence electrons. The summed E-state index contributed by atoms with van der Waals surface area (Å²) in [5, 5.41) is 3.09. The van der Waals surface area contributed by atoms with Gasteiger partial charge in [-0.15, -0.1) is 0 Å². The van der Waals surface area contributed by atoms with Gasteiger partial charge in [-0.25, -0.2) is 13.4 Å². The van der Waals surface area contributed by atoms with Crippen LogP contribution >= 0.6 is 15.9 Å². The Hall–Kier alpha value is -0.620. The summed E-state index contributed by atoms with van der Waals surface area (Å²) in [6, 6.07) is 1.96. The Labute approximate surface area is 105 Å². The molecule has 6 heteroatoms. The van der Waals surface area contributed by atoms with Crippen molar-refractivity contribution in [2.75, 3.05) is 23.9 Å².